The van der Waals surface area contributed by atoms with E-state index in [0.29, 0.717) is 24.4 Å². The van der Waals surface area contributed by atoms with Crippen LogP contribution in [-0.2, 0) is 21.2 Å². The van der Waals surface area contributed by atoms with Gasteiger partial charge >= 0.3 is 0 Å². The highest BCUT2D eigenvalue weighted by atomic mass is 32.2. The first-order valence-corrected chi connectivity index (χ1v) is 12.0. The van der Waals surface area contributed by atoms with Crippen LogP contribution in [0.15, 0.2) is 47.4 Å². The van der Waals surface area contributed by atoms with E-state index in [2.05, 4.69) is 12.2 Å². The van der Waals surface area contributed by atoms with Gasteiger partial charge in [-0.25, -0.2) is 8.42 Å². The van der Waals surface area contributed by atoms with Crippen molar-refractivity contribution < 1.29 is 17.9 Å². The van der Waals surface area contributed by atoms with Crippen molar-refractivity contribution in [2.45, 2.75) is 50.8 Å². The Morgan fingerprint density at radius 3 is 2.73 bits per heavy atom. The Morgan fingerprint density at radius 2 is 1.97 bits per heavy atom. The maximum atomic E-state index is 13.3. The SMILES string of the molecule is CCCCCNC(=O)COc1ccc(S(=O)(=O)N2CCCc3ccccc32)cc1C. The van der Waals surface area contributed by atoms with Crippen LogP contribution < -0.4 is 14.4 Å². The van der Waals surface area contributed by atoms with E-state index in [0.717, 1.165) is 43.4 Å². The van der Waals surface area contributed by atoms with E-state index in [-0.39, 0.29) is 17.4 Å². The molecule has 0 unspecified atom stereocenters. The van der Waals surface area contributed by atoms with Gasteiger partial charge in [0.1, 0.15) is 5.75 Å². The maximum Gasteiger partial charge on any atom is 0.264 e. The first kappa shape index (κ1) is 22.2. The van der Waals surface area contributed by atoms with Crippen molar-refractivity contribution in [2.75, 3.05) is 24.0 Å². The van der Waals surface area contributed by atoms with E-state index in [4.69, 9.17) is 4.74 Å². The molecule has 1 heterocycles. The van der Waals surface area contributed by atoms with Gasteiger partial charge in [0.05, 0.1) is 10.6 Å². The first-order chi connectivity index (χ1) is 14.4. The second kappa shape index (κ2) is 9.98. The van der Waals surface area contributed by atoms with Gasteiger partial charge in [-0.15, -0.1) is 0 Å². The molecule has 0 saturated heterocycles. The average Bonchev–Trinajstić information content (AvgIpc) is 2.75. The highest BCUT2D eigenvalue weighted by Crippen LogP contribution is 2.33. The van der Waals surface area contributed by atoms with Crippen LogP contribution in [0.2, 0.25) is 0 Å². The summed E-state index contributed by atoms with van der Waals surface area (Å²) in [5.41, 5.74) is 2.48. The summed E-state index contributed by atoms with van der Waals surface area (Å²) in [5.74, 6) is 0.337. The Bertz CT molecular complexity index is 988. The van der Waals surface area contributed by atoms with Crippen LogP contribution in [0.1, 0.15) is 43.7 Å². The molecule has 1 N–H and O–H groups in total. The predicted octanol–water partition coefficient (Wildman–Crippen LogP) is 3.82. The minimum atomic E-state index is -3.66. The molecular formula is C23H30N2O4S. The lowest BCUT2D eigenvalue weighted by Crippen LogP contribution is -2.35. The van der Waals surface area contributed by atoms with E-state index in [1.54, 1.807) is 25.1 Å². The van der Waals surface area contributed by atoms with Gasteiger partial charge in [-0.1, -0.05) is 38.0 Å². The molecule has 162 valence electrons. The summed E-state index contributed by atoms with van der Waals surface area (Å²) in [7, 11) is -3.66. The zero-order chi connectivity index (χ0) is 21.6. The Morgan fingerprint density at radius 1 is 1.17 bits per heavy atom. The number of hydrogen-bond acceptors (Lipinski definition) is 4. The molecule has 0 aromatic heterocycles. The minimum absolute atomic E-state index is 0.0848. The molecule has 3 rings (SSSR count). The lowest BCUT2D eigenvalue weighted by atomic mass is 10.0. The molecule has 0 aliphatic carbocycles. The number of nitrogens with one attached hydrogen (secondary N) is 1. The monoisotopic (exact) mass is 430 g/mol. The lowest BCUT2D eigenvalue weighted by molar-refractivity contribution is -0.123. The summed E-state index contributed by atoms with van der Waals surface area (Å²) in [6, 6.07) is 12.4. The third kappa shape index (κ3) is 5.14. The molecule has 1 aliphatic rings. The molecule has 1 aliphatic heterocycles. The fraction of sp³-hybridized carbons (Fsp3) is 0.435. The lowest BCUT2D eigenvalue weighted by Gasteiger charge is -2.30. The molecular weight excluding hydrogens is 400 g/mol. The van der Waals surface area contributed by atoms with Crippen molar-refractivity contribution in [1.29, 1.82) is 0 Å². The molecule has 1 amide bonds. The third-order valence-corrected chi connectivity index (χ3v) is 7.07. The largest absolute Gasteiger partial charge is 0.484 e. The number of amides is 1. The van der Waals surface area contributed by atoms with Crippen molar-refractivity contribution in [2.24, 2.45) is 0 Å². The molecule has 7 heteroatoms. The summed E-state index contributed by atoms with van der Waals surface area (Å²) in [5, 5.41) is 2.83. The molecule has 30 heavy (non-hydrogen) atoms. The van der Waals surface area contributed by atoms with Crippen molar-refractivity contribution >= 4 is 21.6 Å². The van der Waals surface area contributed by atoms with Gasteiger partial charge in [-0.2, -0.15) is 0 Å². The van der Waals surface area contributed by atoms with E-state index < -0.39 is 10.0 Å². The highest BCUT2D eigenvalue weighted by molar-refractivity contribution is 7.92. The molecule has 6 nitrogen and oxygen atoms in total. The zero-order valence-corrected chi connectivity index (χ0v) is 18.5. The van der Waals surface area contributed by atoms with Gasteiger partial charge in [-0.05, 0) is 61.6 Å². The van der Waals surface area contributed by atoms with E-state index in [9.17, 15) is 13.2 Å². The maximum absolute atomic E-state index is 13.3. The summed E-state index contributed by atoms with van der Waals surface area (Å²) < 4.78 is 33.6. The fourth-order valence-electron chi connectivity index (χ4n) is 3.62. The van der Waals surface area contributed by atoms with Gasteiger partial charge in [0.15, 0.2) is 6.61 Å². The van der Waals surface area contributed by atoms with E-state index >= 15 is 0 Å². The summed E-state index contributed by atoms with van der Waals surface area (Å²) in [6.07, 6.45) is 4.81. The molecule has 0 fully saturated rings. The Balaban J connectivity index is 1.68. The molecule has 0 spiro atoms. The molecule has 2 aromatic rings. The summed E-state index contributed by atoms with van der Waals surface area (Å²) in [6.45, 7) is 4.93. The van der Waals surface area contributed by atoms with Crippen LogP contribution in [0.3, 0.4) is 0 Å². The molecule has 0 radical (unpaired) electrons. The topological polar surface area (TPSA) is 75.7 Å². The van der Waals surface area contributed by atoms with E-state index in [1.807, 2.05) is 24.3 Å². The Hall–Kier alpha value is -2.54. The van der Waals surface area contributed by atoms with Crippen molar-refractivity contribution in [3.63, 3.8) is 0 Å². The third-order valence-electron chi connectivity index (χ3n) is 5.26. The van der Waals surface area contributed by atoms with Gasteiger partial charge in [0.2, 0.25) is 0 Å². The molecule has 0 saturated carbocycles. The number of nitrogens with zero attached hydrogens (tertiary/aromatic N) is 1. The smallest absolute Gasteiger partial charge is 0.264 e. The number of carbonyl (C=O) groups is 1. The summed E-state index contributed by atoms with van der Waals surface area (Å²) in [4.78, 5) is 12.1. The second-order valence-electron chi connectivity index (χ2n) is 7.58. The molecule has 2 aromatic carbocycles. The fourth-order valence-corrected chi connectivity index (χ4v) is 5.24. The van der Waals surface area contributed by atoms with Crippen LogP contribution in [0, 0.1) is 6.92 Å². The number of carbonyl (C=O) groups excluding carboxylic acids is 1. The van der Waals surface area contributed by atoms with Crippen LogP contribution in [-0.4, -0.2) is 34.0 Å². The molecule has 0 bridgehead atoms. The van der Waals surface area contributed by atoms with Gasteiger partial charge in [0.25, 0.3) is 15.9 Å². The zero-order valence-electron chi connectivity index (χ0n) is 17.7. The number of unbranched alkanes of at least 4 members (excludes halogenated alkanes) is 2. The van der Waals surface area contributed by atoms with Crippen LogP contribution in [0.4, 0.5) is 5.69 Å². The van der Waals surface area contributed by atoms with Gasteiger partial charge in [0, 0.05) is 13.1 Å². The molecule has 0 atom stereocenters. The number of sulfonamides is 1. The number of aryl methyl sites for hydroxylation is 2. The Labute approximate surface area is 179 Å². The van der Waals surface area contributed by atoms with Crippen LogP contribution >= 0.6 is 0 Å². The van der Waals surface area contributed by atoms with Crippen LogP contribution in [0.25, 0.3) is 0 Å². The second-order valence-corrected chi connectivity index (χ2v) is 9.44. The number of para-hydroxylation sites is 1. The number of rotatable bonds is 9. The normalized spacial score (nSPS) is 13.6. The highest BCUT2D eigenvalue weighted by Gasteiger charge is 2.29. The van der Waals surface area contributed by atoms with Gasteiger partial charge < -0.3 is 10.1 Å². The Kier molecular flexibility index (Phi) is 7.37. The van der Waals surface area contributed by atoms with Crippen molar-refractivity contribution in [1.82, 2.24) is 5.32 Å². The number of ether oxygens (including phenoxy) is 1. The number of hydrogen-bond donors (Lipinski definition) is 1. The quantitative estimate of drug-likeness (QED) is 0.614. The number of fused-ring (bicyclic) bond motifs is 1. The number of benzene rings is 2. The van der Waals surface area contributed by atoms with E-state index in [1.165, 1.54) is 4.31 Å². The van der Waals surface area contributed by atoms with Crippen molar-refractivity contribution in [3.05, 3.63) is 53.6 Å². The van der Waals surface area contributed by atoms with Crippen molar-refractivity contribution in [3.8, 4) is 5.75 Å². The first-order valence-electron chi connectivity index (χ1n) is 10.5. The average molecular weight is 431 g/mol. The summed E-state index contributed by atoms with van der Waals surface area (Å²) >= 11 is 0. The minimum Gasteiger partial charge on any atom is -0.484 e. The number of anilines is 1. The van der Waals surface area contributed by atoms with Crippen LogP contribution in [0.5, 0.6) is 5.75 Å². The van der Waals surface area contributed by atoms with Gasteiger partial charge in [-0.3, -0.25) is 9.10 Å². The predicted molar refractivity (Wildman–Crippen MR) is 119 cm³/mol. The standard InChI is InChI=1S/C23H30N2O4S/c1-3-4-7-14-24-23(26)17-29-22-13-12-20(16-18(22)2)30(27,28)25-15-8-10-19-9-5-6-11-21(19)25/h5-6,9,11-13,16H,3-4,7-8,10,14-15,17H2,1-2H3,(H,24,26).